The van der Waals surface area contributed by atoms with Crippen molar-refractivity contribution < 1.29 is 4.42 Å². The van der Waals surface area contributed by atoms with Crippen LogP contribution in [-0.2, 0) is 13.1 Å². The first-order valence-electron chi connectivity index (χ1n) is 8.12. The Balaban J connectivity index is 1.85. The smallest absolute Gasteiger partial charge is 0.122 e. The van der Waals surface area contributed by atoms with Crippen LogP contribution >= 0.6 is 0 Å². The predicted molar refractivity (Wildman–Crippen MR) is 87.3 cm³/mol. The molecule has 2 rings (SSSR count). The van der Waals surface area contributed by atoms with E-state index in [9.17, 15) is 0 Å². The Morgan fingerprint density at radius 1 is 1.19 bits per heavy atom. The Morgan fingerprint density at radius 3 is 2.43 bits per heavy atom. The Hall–Kier alpha value is -0.840. The average molecular weight is 293 g/mol. The van der Waals surface area contributed by atoms with Crippen molar-refractivity contribution in [2.75, 3.05) is 26.2 Å². The summed E-state index contributed by atoms with van der Waals surface area (Å²) in [7, 11) is 0. The molecule has 120 valence electrons. The highest BCUT2D eigenvalue weighted by atomic mass is 16.3. The van der Waals surface area contributed by atoms with Crippen LogP contribution in [0.25, 0.3) is 0 Å². The summed E-state index contributed by atoms with van der Waals surface area (Å²) >= 11 is 0. The topological polar surface area (TPSA) is 31.7 Å². The maximum atomic E-state index is 5.70. The zero-order chi connectivity index (χ0) is 15.5. The van der Waals surface area contributed by atoms with Crippen LogP contribution < -0.4 is 5.32 Å². The van der Waals surface area contributed by atoms with Gasteiger partial charge in [0.05, 0.1) is 12.8 Å². The molecule has 1 aromatic heterocycles. The standard InChI is InChI=1S/C17H31N3O/c1-14(2)18-12-15-6-11-21-16(15)13-19-7-9-20(10-8-19)17(3,4)5/h6,11,14,18H,7-10,12-13H2,1-5H3. The van der Waals surface area contributed by atoms with Gasteiger partial charge in [0.2, 0.25) is 0 Å². The number of nitrogens with one attached hydrogen (secondary N) is 1. The minimum absolute atomic E-state index is 0.281. The molecule has 21 heavy (non-hydrogen) atoms. The van der Waals surface area contributed by atoms with Crippen LogP contribution in [0.2, 0.25) is 0 Å². The zero-order valence-corrected chi connectivity index (χ0v) is 14.3. The van der Waals surface area contributed by atoms with Gasteiger partial charge in [0.25, 0.3) is 0 Å². The average Bonchev–Trinajstić information content (AvgIpc) is 2.83. The maximum absolute atomic E-state index is 5.70. The summed E-state index contributed by atoms with van der Waals surface area (Å²) in [5.41, 5.74) is 1.57. The summed E-state index contributed by atoms with van der Waals surface area (Å²) in [4.78, 5) is 5.06. The number of rotatable bonds is 5. The van der Waals surface area contributed by atoms with Gasteiger partial charge >= 0.3 is 0 Å². The van der Waals surface area contributed by atoms with Gasteiger partial charge in [-0.3, -0.25) is 9.80 Å². The van der Waals surface area contributed by atoms with E-state index in [-0.39, 0.29) is 5.54 Å². The molecule has 4 heteroatoms. The molecule has 0 aliphatic carbocycles. The first-order chi connectivity index (χ1) is 9.86. The molecule has 0 unspecified atom stereocenters. The molecule has 0 amide bonds. The van der Waals surface area contributed by atoms with E-state index >= 15 is 0 Å². The first-order valence-corrected chi connectivity index (χ1v) is 8.12. The second kappa shape index (κ2) is 6.95. The highest BCUT2D eigenvalue weighted by molar-refractivity contribution is 5.17. The lowest BCUT2D eigenvalue weighted by Gasteiger charge is -2.42. The van der Waals surface area contributed by atoms with Crippen LogP contribution in [0.15, 0.2) is 16.7 Å². The molecule has 1 aliphatic heterocycles. The summed E-state index contributed by atoms with van der Waals surface area (Å²) in [6.45, 7) is 17.6. The Bertz CT molecular complexity index is 425. The second-order valence-corrected chi connectivity index (χ2v) is 7.34. The van der Waals surface area contributed by atoms with E-state index in [2.05, 4.69) is 55.8 Å². The summed E-state index contributed by atoms with van der Waals surface area (Å²) < 4.78 is 5.70. The first kappa shape index (κ1) is 16.5. The van der Waals surface area contributed by atoms with E-state index in [1.165, 1.54) is 5.56 Å². The fourth-order valence-electron chi connectivity index (χ4n) is 2.76. The minimum atomic E-state index is 0.281. The van der Waals surface area contributed by atoms with Crippen molar-refractivity contribution in [3.8, 4) is 0 Å². The molecule has 1 saturated heterocycles. The third kappa shape index (κ3) is 4.83. The summed E-state index contributed by atoms with van der Waals surface area (Å²) in [6.07, 6.45) is 1.82. The second-order valence-electron chi connectivity index (χ2n) is 7.34. The number of furan rings is 1. The summed E-state index contributed by atoms with van der Waals surface area (Å²) in [5.74, 6) is 1.12. The van der Waals surface area contributed by atoms with Crippen molar-refractivity contribution in [1.82, 2.24) is 15.1 Å². The van der Waals surface area contributed by atoms with Gasteiger partial charge in [-0.25, -0.2) is 0 Å². The Labute approximate surface area is 129 Å². The fraction of sp³-hybridized carbons (Fsp3) is 0.765. The van der Waals surface area contributed by atoms with Crippen LogP contribution in [0.5, 0.6) is 0 Å². The lowest BCUT2D eigenvalue weighted by molar-refractivity contribution is 0.0561. The van der Waals surface area contributed by atoms with Crippen LogP contribution in [0.4, 0.5) is 0 Å². The molecule has 0 radical (unpaired) electrons. The van der Waals surface area contributed by atoms with Gasteiger partial charge in [-0.15, -0.1) is 0 Å². The zero-order valence-electron chi connectivity index (χ0n) is 14.3. The molecule has 0 saturated carbocycles. The summed E-state index contributed by atoms with van der Waals surface area (Å²) in [5, 5.41) is 3.47. The molecule has 2 heterocycles. The van der Waals surface area contributed by atoms with Crippen molar-refractivity contribution in [2.45, 2.75) is 59.3 Å². The maximum Gasteiger partial charge on any atom is 0.122 e. The molecule has 1 aromatic rings. The van der Waals surface area contributed by atoms with E-state index in [4.69, 9.17) is 4.42 Å². The molecule has 4 nitrogen and oxygen atoms in total. The van der Waals surface area contributed by atoms with E-state index in [0.717, 1.165) is 45.0 Å². The number of hydrogen-bond acceptors (Lipinski definition) is 4. The minimum Gasteiger partial charge on any atom is -0.468 e. The van der Waals surface area contributed by atoms with E-state index < -0.39 is 0 Å². The molecular formula is C17H31N3O. The fourth-order valence-corrected chi connectivity index (χ4v) is 2.76. The number of hydrogen-bond donors (Lipinski definition) is 1. The van der Waals surface area contributed by atoms with Crippen molar-refractivity contribution in [3.05, 3.63) is 23.7 Å². The summed E-state index contributed by atoms with van der Waals surface area (Å²) in [6, 6.07) is 2.60. The SMILES string of the molecule is CC(C)NCc1ccoc1CN1CCN(C(C)(C)C)CC1. The van der Waals surface area contributed by atoms with Crippen molar-refractivity contribution >= 4 is 0 Å². The molecule has 0 atom stereocenters. The van der Waals surface area contributed by atoms with Crippen molar-refractivity contribution in [1.29, 1.82) is 0 Å². The monoisotopic (exact) mass is 293 g/mol. The third-order valence-corrected chi connectivity index (χ3v) is 4.23. The molecule has 0 aromatic carbocycles. The highest BCUT2D eigenvalue weighted by Gasteiger charge is 2.26. The molecular weight excluding hydrogens is 262 g/mol. The van der Waals surface area contributed by atoms with E-state index in [1.807, 2.05) is 6.26 Å². The lowest BCUT2D eigenvalue weighted by atomic mass is 10.0. The van der Waals surface area contributed by atoms with Gasteiger partial charge in [0.15, 0.2) is 0 Å². The van der Waals surface area contributed by atoms with Crippen molar-refractivity contribution in [2.24, 2.45) is 0 Å². The molecule has 1 aliphatic rings. The van der Waals surface area contributed by atoms with Gasteiger partial charge in [-0.1, -0.05) is 13.8 Å². The van der Waals surface area contributed by atoms with Crippen LogP contribution in [-0.4, -0.2) is 47.6 Å². The number of nitrogens with zero attached hydrogens (tertiary/aromatic N) is 2. The van der Waals surface area contributed by atoms with Gasteiger partial charge in [0, 0.05) is 49.9 Å². The van der Waals surface area contributed by atoms with Gasteiger partial charge < -0.3 is 9.73 Å². The van der Waals surface area contributed by atoms with Crippen LogP contribution in [0.1, 0.15) is 45.9 Å². The normalized spacial score (nSPS) is 18.6. The third-order valence-electron chi connectivity index (χ3n) is 4.23. The van der Waals surface area contributed by atoms with E-state index in [0.29, 0.717) is 6.04 Å². The highest BCUT2D eigenvalue weighted by Crippen LogP contribution is 2.19. The van der Waals surface area contributed by atoms with Crippen molar-refractivity contribution in [3.63, 3.8) is 0 Å². The quantitative estimate of drug-likeness (QED) is 0.904. The largest absolute Gasteiger partial charge is 0.468 e. The lowest BCUT2D eigenvalue weighted by Crippen LogP contribution is -2.53. The van der Waals surface area contributed by atoms with E-state index in [1.54, 1.807) is 0 Å². The molecule has 0 bridgehead atoms. The van der Waals surface area contributed by atoms with Gasteiger partial charge in [0.1, 0.15) is 5.76 Å². The number of piperazine rings is 1. The van der Waals surface area contributed by atoms with Gasteiger partial charge in [-0.05, 0) is 26.8 Å². The van der Waals surface area contributed by atoms with Crippen LogP contribution in [0.3, 0.4) is 0 Å². The predicted octanol–water partition coefficient (Wildman–Crippen LogP) is 2.69. The molecule has 1 N–H and O–H groups in total. The van der Waals surface area contributed by atoms with Crippen LogP contribution in [0, 0.1) is 0 Å². The molecule has 1 fully saturated rings. The Kier molecular flexibility index (Phi) is 5.47. The van der Waals surface area contributed by atoms with Gasteiger partial charge in [-0.2, -0.15) is 0 Å². The Morgan fingerprint density at radius 2 is 1.86 bits per heavy atom. The molecule has 0 spiro atoms.